The monoisotopic (exact) mass is 380 g/mol. The molecule has 0 radical (unpaired) electrons. The Labute approximate surface area is 164 Å². The largest absolute Gasteiger partial charge is 0.365 e. The van der Waals surface area contributed by atoms with Crippen molar-refractivity contribution in [1.82, 2.24) is 10.3 Å². The second kappa shape index (κ2) is 9.43. The number of thiazole rings is 1. The fourth-order valence-electron chi connectivity index (χ4n) is 3.49. The summed E-state index contributed by atoms with van der Waals surface area (Å²) in [6.07, 6.45) is 10.3. The zero-order valence-electron chi connectivity index (χ0n) is 15.6. The van der Waals surface area contributed by atoms with Crippen molar-refractivity contribution >= 4 is 23.0 Å². The van der Waals surface area contributed by atoms with Crippen molar-refractivity contribution in [2.24, 2.45) is 4.99 Å². The van der Waals surface area contributed by atoms with Crippen LogP contribution in [-0.4, -0.2) is 22.6 Å². The predicted octanol–water partition coefficient (Wildman–Crippen LogP) is 4.94. The van der Waals surface area contributed by atoms with E-state index >= 15 is 0 Å². The van der Waals surface area contributed by atoms with Gasteiger partial charge in [0.05, 0.1) is 0 Å². The molecule has 6 heteroatoms. The van der Waals surface area contributed by atoms with Crippen molar-refractivity contribution in [2.45, 2.75) is 57.9 Å². The summed E-state index contributed by atoms with van der Waals surface area (Å²) in [5.41, 5.74) is 2.14. The zero-order chi connectivity index (χ0) is 19.1. The number of carbonyl (C=O) groups is 1. The summed E-state index contributed by atoms with van der Waals surface area (Å²) >= 11 is 1.46. The van der Waals surface area contributed by atoms with Gasteiger partial charge in [-0.3, -0.25) is 4.79 Å². The van der Waals surface area contributed by atoms with Crippen LogP contribution < -0.4 is 5.32 Å². The van der Waals surface area contributed by atoms with E-state index in [1.165, 1.54) is 43.4 Å². The third-order valence-corrected chi connectivity index (χ3v) is 5.77. The highest BCUT2D eigenvalue weighted by atomic mass is 32.1. The standard InChI is InChI=1S/C21H24N4OS/c1-15(26)17-11-7-8-12-18(17)21-25-19(13-27-21)20(23-14-22)24-16-9-5-3-2-4-6-10-16/h7-8,11-13,16H,2-6,9-10H2,1H3,(H,23,24). The topological polar surface area (TPSA) is 78.1 Å². The molecule has 0 unspecified atom stereocenters. The molecule has 0 amide bonds. The minimum atomic E-state index is 0.0147. The summed E-state index contributed by atoms with van der Waals surface area (Å²) < 4.78 is 0. The smallest absolute Gasteiger partial charge is 0.207 e. The van der Waals surface area contributed by atoms with Crippen LogP contribution in [0.1, 0.15) is 67.9 Å². The Balaban J connectivity index is 1.83. The second-order valence-corrected chi connectivity index (χ2v) is 7.74. The molecular weight excluding hydrogens is 356 g/mol. The van der Waals surface area contributed by atoms with Crippen LogP contribution in [0, 0.1) is 11.5 Å². The van der Waals surface area contributed by atoms with Crippen LogP contribution in [0.3, 0.4) is 0 Å². The van der Waals surface area contributed by atoms with Crippen LogP contribution >= 0.6 is 11.3 Å². The summed E-state index contributed by atoms with van der Waals surface area (Å²) in [5.74, 6) is 0.548. The SMILES string of the molecule is CC(=O)c1ccccc1-c1nc(/C(=N/C#N)NC2CCCCCCC2)cs1. The average molecular weight is 381 g/mol. The lowest BCUT2D eigenvalue weighted by atomic mass is 9.96. The molecule has 1 N–H and O–H groups in total. The van der Waals surface area contributed by atoms with E-state index in [0.717, 1.165) is 23.4 Å². The number of hydrogen-bond donors (Lipinski definition) is 1. The number of rotatable bonds is 4. The highest BCUT2D eigenvalue weighted by Crippen LogP contribution is 2.28. The molecule has 27 heavy (non-hydrogen) atoms. The number of nitrogens with one attached hydrogen (secondary N) is 1. The Morgan fingerprint density at radius 1 is 1.22 bits per heavy atom. The van der Waals surface area contributed by atoms with Crippen LogP contribution in [0.15, 0.2) is 34.6 Å². The number of nitrogens with zero attached hydrogens (tertiary/aromatic N) is 3. The normalized spacial score (nSPS) is 16.2. The van der Waals surface area contributed by atoms with E-state index in [2.05, 4.69) is 15.3 Å². The maximum atomic E-state index is 11.9. The lowest BCUT2D eigenvalue weighted by Crippen LogP contribution is -2.36. The molecule has 1 aromatic heterocycles. The number of carbonyl (C=O) groups excluding carboxylic acids is 1. The number of amidine groups is 1. The second-order valence-electron chi connectivity index (χ2n) is 6.89. The quantitative estimate of drug-likeness (QED) is 0.352. The molecule has 140 valence electrons. The fraction of sp³-hybridized carbons (Fsp3) is 0.429. The third-order valence-electron chi connectivity index (χ3n) is 4.89. The van der Waals surface area contributed by atoms with Crippen LogP contribution in [-0.2, 0) is 0 Å². The van der Waals surface area contributed by atoms with E-state index in [1.54, 1.807) is 6.92 Å². The third kappa shape index (κ3) is 5.01. The number of ketones is 1. The molecule has 1 saturated carbocycles. The van der Waals surface area contributed by atoms with E-state index < -0.39 is 0 Å². The minimum Gasteiger partial charge on any atom is -0.365 e. The number of Topliss-reactive ketones (excluding diaryl/α,β-unsaturated/α-hetero) is 1. The van der Waals surface area contributed by atoms with Gasteiger partial charge in [-0.25, -0.2) is 4.98 Å². The molecule has 3 rings (SSSR count). The summed E-state index contributed by atoms with van der Waals surface area (Å²) in [7, 11) is 0. The summed E-state index contributed by atoms with van der Waals surface area (Å²) in [4.78, 5) is 20.6. The van der Waals surface area contributed by atoms with Crippen molar-refractivity contribution in [3.05, 3.63) is 40.9 Å². The van der Waals surface area contributed by atoms with Crippen molar-refractivity contribution in [2.75, 3.05) is 0 Å². The molecular formula is C21H24N4OS. The Morgan fingerprint density at radius 2 is 1.93 bits per heavy atom. The molecule has 1 aliphatic rings. The van der Waals surface area contributed by atoms with Gasteiger partial charge in [0.25, 0.3) is 0 Å². The molecule has 0 atom stereocenters. The lowest BCUT2D eigenvalue weighted by molar-refractivity contribution is 0.101. The van der Waals surface area contributed by atoms with Gasteiger partial charge >= 0.3 is 0 Å². The molecule has 0 aliphatic heterocycles. The maximum Gasteiger partial charge on any atom is 0.207 e. The summed E-state index contributed by atoms with van der Waals surface area (Å²) in [6.45, 7) is 1.56. The lowest BCUT2D eigenvalue weighted by Gasteiger charge is -2.21. The summed E-state index contributed by atoms with van der Waals surface area (Å²) in [5, 5.41) is 15.2. The molecule has 0 bridgehead atoms. The van der Waals surface area contributed by atoms with Crippen LogP contribution in [0.25, 0.3) is 10.6 Å². The van der Waals surface area contributed by atoms with Gasteiger partial charge in [-0.1, -0.05) is 56.4 Å². The minimum absolute atomic E-state index is 0.0147. The van der Waals surface area contributed by atoms with Crippen LogP contribution in [0.4, 0.5) is 0 Å². The van der Waals surface area contributed by atoms with Gasteiger partial charge in [-0.2, -0.15) is 10.3 Å². The van der Waals surface area contributed by atoms with Gasteiger partial charge in [0.2, 0.25) is 6.19 Å². The molecule has 1 aliphatic carbocycles. The van der Waals surface area contributed by atoms with Gasteiger partial charge in [0, 0.05) is 22.5 Å². The number of nitriles is 1. The first kappa shape index (κ1) is 19.2. The van der Waals surface area contributed by atoms with Gasteiger partial charge in [-0.15, -0.1) is 11.3 Å². The number of aliphatic imine (C=N–C) groups is 1. The van der Waals surface area contributed by atoms with Crippen molar-refractivity contribution in [3.8, 4) is 16.8 Å². The van der Waals surface area contributed by atoms with E-state index in [4.69, 9.17) is 5.26 Å². The number of aromatic nitrogens is 1. The number of benzene rings is 1. The highest BCUT2D eigenvalue weighted by molar-refractivity contribution is 7.13. The predicted molar refractivity (Wildman–Crippen MR) is 109 cm³/mol. The van der Waals surface area contributed by atoms with Crippen LogP contribution in [0.2, 0.25) is 0 Å². The summed E-state index contributed by atoms with van der Waals surface area (Å²) in [6, 6.07) is 7.80. The Morgan fingerprint density at radius 3 is 2.63 bits per heavy atom. The molecule has 5 nitrogen and oxygen atoms in total. The van der Waals surface area contributed by atoms with E-state index in [1.807, 2.05) is 35.8 Å². The molecule has 1 fully saturated rings. The van der Waals surface area contributed by atoms with Crippen molar-refractivity contribution < 1.29 is 4.79 Å². The molecule has 0 saturated heterocycles. The first-order valence-electron chi connectivity index (χ1n) is 9.48. The van der Waals surface area contributed by atoms with Gasteiger partial charge < -0.3 is 5.32 Å². The Kier molecular flexibility index (Phi) is 6.72. The maximum absolute atomic E-state index is 11.9. The van der Waals surface area contributed by atoms with Crippen molar-refractivity contribution in [1.29, 1.82) is 5.26 Å². The van der Waals surface area contributed by atoms with Gasteiger partial charge in [-0.05, 0) is 19.8 Å². The number of hydrogen-bond acceptors (Lipinski definition) is 5. The van der Waals surface area contributed by atoms with E-state index in [-0.39, 0.29) is 5.78 Å². The zero-order valence-corrected chi connectivity index (χ0v) is 16.4. The molecule has 0 spiro atoms. The first-order chi connectivity index (χ1) is 13.2. The molecule has 1 heterocycles. The van der Waals surface area contributed by atoms with Crippen LogP contribution in [0.5, 0.6) is 0 Å². The Hall–Kier alpha value is -2.52. The van der Waals surface area contributed by atoms with E-state index in [0.29, 0.717) is 23.1 Å². The molecule has 1 aromatic carbocycles. The first-order valence-corrected chi connectivity index (χ1v) is 10.4. The van der Waals surface area contributed by atoms with Gasteiger partial charge in [0.15, 0.2) is 11.6 Å². The highest BCUT2D eigenvalue weighted by Gasteiger charge is 2.18. The molecule has 2 aromatic rings. The Bertz CT molecular complexity index is 857. The average Bonchev–Trinajstić information content (AvgIpc) is 3.13. The van der Waals surface area contributed by atoms with Crippen molar-refractivity contribution in [3.63, 3.8) is 0 Å². The van der Waals surface area contributed by atoms with Gasteiger partial charge in [0.1, 0.15) is 10.7 Å². The fourth-order valence-corrected chi connectivity index (χ4v) is 4.33. The van der Waals surface area contributed by atoms with E-state index in [9.17, 15) is 4.79 Å².